The van der Waals surface area contributed by atoms with Crippen LogP contribution < -0.4 is 14.8 Å². The molecule has 12 heteroatoms. The molecule has 188 valence electrons. The monoisotopic (exact) mass is 500 g/mol. The molecule has 1 aromatic heterocycles. The smallest absolute Gasteiger partial charge is 0.162 e. The van der Waals surface area contributed by atoms with Crippen molar-refractivity contribution in [1.29, 1.82) is 0 Å². The number of rotatable bonds is 8. The summed E-state index contributed by atoms with van der Waals surface area (Å²) in [6.07, 6.45) is 2.35. The molecule has 2 heterocycles. The number of fused-ring (bicyclic) bond motifs is 1. The van der Waals surface area contributed by atoms with E-state index in [4.69, 9.17) is 25.8 Å². The van der Waals surface area contributed by atoms with Gasteiger partial charge in [0.05, 0.1) is 37.5 Å². The van der Waals surface area contributed by atoms with Gasteiger partial charge in [0.2, 0.25) is 0 Å². The molecule has 0 amide bonds. The van der Waals surface area contributed by atoms with Crippen LogP contribution in [0.5, 0.6) is 11.5 Å². The summed E-state index contributed by atoms with van der Waals surface area (Å²) in [7, 11) is 1.60. The summed E-state index contributed by atoms with van der Waals surface area (Å²) in [6.45, 7) is 5.00. The lowest BCUT2D eigenvalue weighted by atomic mass is 10.2. The van der Waals surface area contributed by atoms with Gasteiger partial charge in [-0.05, 0) is 30.7 Å². The summed E-state index contributed by atoms with van der Waals surface area (Å²) in [5.41, 5.74) is 1.32. The summed E-state index contributed by atoms with van der Waals surface area (Å²) < 4.78 is 30.4. The Hall–Kier alpha value is -2.80. The summed E-state index contributed by atoms with van der Waals surface area (Å²) >= 11 is 5.90. The standard InChI is InChI=1S/C22H24ClFN4O3.3H2O/c1-29-20-13-19-16(12-21(20)31-8-2-5-28-6-9-30-10-7-28)22(26-14-25-19)27-15-3-4-18(24)17(23)11-15;;;/h3-4,11-14H,2,5-10H2,1H3,(H,25,26,27);3*1H2. The summed E-state index contributed by atoms with van der Waals surface area (Å²) in [4.78, 5) is 11.0. The maximum absolute atomic E-state index is 13.5. The van der Waals surface area contributed by atoms with Gasteiger partial charge in [-0.2, -0.15) is 0 Å². The first-order chi connectivity index (χ1) is 15.1. The molecule has 0 unspecified atom stereocenters. The zero-order valence-corrected chi connectivity index (χ0v) is 19.5. The number of methoxy groups -OCH3 is 1. The van der Waals surface area contributed by atoms with Crippen LogP contribution in [0.3, 0.4) is 0 Å². The largest absolute Gasteiger partial charge is 0.493 e. The molecule has 4 rings (SSSR count). The van der Waals surface area contributed by atoms with E-state index < -0.39 is 5.82 Å². The third-order valence-corrected chi connectivity index (χ3v) is 5.37. The van der Waals surface area contributed by atoms with Gasteiger partial charge in [-0.15, -0.1) is 0 Å². The molecule has 0 bridgehead atoms. The van der Waals surface area contributed by atoms with Crippen molar-refractivity contribution in [2.45, 2.75) is 6.42 Å². The second-order valence-electron chi connectivity index (χ2n) is 7.15. The molecule has 0 aliphatic carbocycles. The van der Waals surface area contributed by atoms with Crippen LogP contribution in [0.25, 0.3) is 10.9 Å². The predicted molar refractivity (Wildman–Crippen MR) is 129 cm³/mol. The molecular formula is C22H30ClFN4O6. The number of nitrogens with one attached hydrogen (secondary N) is 1. The number of hydrogen-bond donors (Lipinski definition) is 1. The molecule has 3 aromatic rings. The lowest BCUT2D eigenvalue weighted by Gasteiger charge is -2.26. The van der Waals surface area contributed by atoms with Crippen LogP contribution in [0.15, 0.2) is 36.7 Å². The molecule has 10 nitrogen and oxygen atoms in total. The maximum Gasteiger partial charge on any atom is 0.162 e. The van der Waals surface area contributed by atoms with E-state index in [1.807, 2.05) is 12.1 Å². The van der Waals surface area contributed by atoms with Gasteiger partial charge in [0.25, 0.3) is 0 Å². The topological polar surface area (TPSA) is 163 Å². The first-order valence-electron chi connectivity index (χ1n) is 10.1. The molecule has 0 saturated carbocycles. The lowest BCUT2D eigenvalue weighted by molar-refractivity contribution is 0.0357. The van der Waals surface area contributed by atoms with Crippen molar-refractivity contribution < 1.29 is 35.0 Å². The van der Waals surface area contributed by atoms with E-state index in [0.29, 0.717) is 35.1 Å². The Morgan fingerprint density at radius 3 is 2.56 bits per heavy atom. The predicted octanol–water partition coefficient (Wildman–Crippen LogP) is 1.80. The minimum atomic E-state index is -0.475. The Morgan fingerprint density at radius 1 is 1.09 bits per heavy atom. The molecule has 1 saturated heterocycles. The number of aromatic nitrogens is 2. The van der Waals surface area contributed by atoms with E-state index in [1.165, 1.54) is 18.5 Å². The van der Waals surface area contributed by atoms with Gasteiger partial charge in [0.1, 0.15) is 18.0 Å². The van der Waals surface area contributed by atoms with Gasteiger partial charge in [0, 0.05) is 36.8 Å². The van der Waals surface area contributed by atoms with E-state index in [0.717, 1.165) is 44.7 Å². The van der Waals surface area contributed by atoms with Crippen LogP contribution >= 0.6 is 11.6 Å². The SMILES string of the molecule is COc1cc2ncnc(Nc3ccc(F)c(Cl)c3)c2cc1OCCCN1CCOCC1.O.O.O. The van der Waals surface area contributed by atoms with Gasteiger partial charge in [-0.3, -0.25) is 4.90 Å². The molecule has 34 heavy (non-hydrogen) atoms. The van der Waals surface area contributed by atoms with Crippen molar-refractivity contribution in [3.8, 4) is 11.5 Å². The maximum atomic E-state index is 13.5. The van der Waals surface area contributed by atoms with Crippen molar-refractivity contribution in [2.75, 3.05) is 51.9 Å². The molecule has 0 radical (unpaired) electrons. The second kappa shape index (κ2) is 13.8. The number of morpholine rings is 1. The van der Waals surface area contributed by atoms with E-state index in [-0.39, 0.29) is 21.5 Å². The number of benzene rings is 2. The van der Waals surface area contributed by atoms with Crippen molar-refractivity contribution in [3.05, 3.63) is 47.5 Å². The quantitative estimate of drug-likeness (QED) is 0.460. The third-order valence-electron chi connectivity index (χ3n) is 5.08. The molecule has 7 N–H and O–H groups in total. The molecular weight excluding hydrogens is 471 g/mol. The number of hydrogen-bond acceptors (Lipinski definition) is 7. The fraction of sp³-hybridized carbons (Fsp3) is 0.364. The van der Waals surface area contributed by atoms with E-state index in [2.05, 4.69) is 20.2 Å². The molecule has 1 fully saturated rings. The molecule has 0 spiro atoms. The van der Waals surface area contributed by atoms with Gasteiger partial charge in [-0.1, -0.05) is 11.6 Å². The third kappa shape index (κ3) is 7.10. The minimum absolute atomic E-state index is 0. The number of nitrogens with zero attached hydrogens (tertiary/aromatic N) is 3. The normalized spacial score (nSPS) is 13.3. The van der Waals surface area contributed by atoms with Crippen LogP contribution in [0.4, 0.5) is 15.9 Å². The number of anilines is 2. The molecule has 2 aromatic carbocycles. The Balaban J connectivity index is 0.00000193. The zero-order chi connectivity index (χ0) is 21.6. The average molecular weight is 501 g/mol. The summed E-state index contributed by atoms with van der Waals surface area (Å²) in [6, 6.07) is 8.09. The fourth-order valence-electron chi connectivity index (χ4n) is 3.44. The van der Waals surface area contributed by atoms with Crippen LogP contribution in [0.1, 0.15) is 6.42 Å². The number of ether oxygens (including phenoxy) is 3. The minimum Gasteiger partial charge on any atom is -0.493 e. The Morgan fingerprint density at radius 2 is 1.85 bits per heavy atom. The highest BCUT2D eigenvalue weighted by Crippen LogP contribution is 2.35. The van der Waals surface area contributed by atoms with Crippen LogP contribution in [-0.2, 0) is 4.74 Å². The summed E-state index contributed by atoms with van der Waals surface area (Å²) in [5.74, 6) is 1.31. The Labute approximate surface area is 201 Å². The van der Waals surface area contributed by atoms with Crippen molar-refractivity contribution in [1.82, 2.24) is 14.9 Å². The van der Waals surface area contributed by atoms with E-state index in [9.17, 15) is 4.39 Å². The van der Waals surface area contributed by atoms with Crippen LogP contribution in [-0.4, -0.2) is 77.9 Å². The average Bonchev–Trinajstić information content (AvgIpc) is 2.79. The molecule has 1 aliphatic rings. The zero-order valence-electron chi connectivity index (χ0n) is 18.7. The second-order valence-corrected chi connectivity index (χ2v) is 7.56. The van der Waals surface area contributed by atoms with Crippen LogP contribution in [0.2, 0.25) is 5.02 Å². The fourth-order valence-corrected chi connectivity index (χ4v) is 3.62. The van der Waals surface area contributed by atoms with E-state index >= 15 is 0 Å². The first-order valence-corrected chi connectivity index (χ1v) is 10.5. The van der Waals surface area contributed by atoms with Crippen molar-refractivity contribution in [3.63, 3.8) is 0 Å². The highest BCUT2D eigenvalue weighted by molar-refractivity contribution is 6.31. The van der Waals surface area contributed by atoms with Gasteiger partial charge in [-0.25, -0.2) is 14.4 Å². The highest BCUT2D eigenvalue weighted by atomic mass is 35.5. The Bertz CT molecular complexity index is 1060. The van der Waals surface area contributed by atoms with E-state index in [1.54, 1.807) is 13.2 Å². The van der Waals surface area contributed by atoms with Crippen LogP contribution in [0, 0.1) is 5.82 Å². The summed E-state index contributed by atoms with van der Waals surface area (Å²) in [5, 5.41) is 3.97. The van der Waals surface area contributed by atoms with Gasteiger partial charge < -0.3 is 36.0 Å². The van der Waals surface area contributed by atoms with Gasteiger partial charge in [0.15, 0.2) is 11.5 Å². The molecule has 1 aliphatic heterocycles. The van der Waals surface area contributed by atoms with Crippen molar-refractivity contribution in [2.24, 2.45) is 0 Å². The first kappa shape index (κ1) is 29.2. The molecule has 0 atom stereocenters. The lowest BCUT2D eigenvalue weighted by Crippen LogP contribution is -2.37. The van der Waals surface area contributed by atoms with Gasteiger partial charge >= 0.3 is 0 Å². The Kier molecular flexibility index (Phi) is 11.9. The number of halogens is 2. The highest BCUT2D eigenvalue weighted by Gasteiger charge is 2.14. The van der Waals surface area contributed by atoms with Crippen molar-refractivity contribution >= 4 is 34.0 Å².